The number of rotatable bonds is 6. The van der Waals surface area contributed by atoms with E-state index < -0.39 is 0 Å². The Bertz CT molecular complexity index is 273. The lowest BCUT2D eigenvalue weighted by Gasteiger charge is -2.15. The van der Waals surface area contributed by atoms with Crippen molar-refractivity contribution >= 4 is 11.6 Å². The molecule has 0 amide bonds. The number of alkyl halides is 1. The second kappa shape index (κ2) is 6.81. The average molecular weight is 230 g/mol. The van der Waals surface area contributed by atoms with E-state index in [4.69, 9.17) is 11.6 Å². The Morgan fingerprint density at radius 3 is 2.53 bits per heavy atom. The van der Waals surface area contributed by atoms with Gasteiger partial charge in [0.15, 0.2) is 0 Å². The highest BCUT2D eigenvalue weighted by Gasteiger charge is 2.04. The van der Waals surface area contributed by atoms with Crippen LogP contribution in [0.1, 0.15) is 25.3 Å². The first kappa shape index (κ1) is 12.5. The van der Waals surface area contributed by atoms with Crippen molar-refractivity contribution in [2.24, 2.45) is 0 Å². The minimum Gasteiger partial charge on any atom is -0.310 e. The van der Waals surface area contributed by atoms with Crippen LogP contribution in [0.25, 0.3) is 0 Å². The molecule has 0 heterocycles. The largest absolute Gasteiger partial charge is 0.310 e. The van der Waals surface area contributed by atoms with E-state index in [0.29, 0.717) is 11.9 Å². The first-order valence-corrected chi connectivity index (χ1v) is 5.83. The summed E-state index contributed by atoms with van der Waals surface area (Å²) in [5.41, 5.74) is 1.10. The third kappa shape index (κ3) is 4.63. The van der Waals surface area contributed by atoms with E-state index in [1.54, 1.807) is 12.1 Å². The Hall–Kier alpha value is -0.600. The van der Waals surface area contributed by atoms with Crippen molar-refractivity contribution in [3.05, 3.63) is 35.6 Å². The van der Waals surface area contributed by atoms with Crippen LogP contribution >= 0.6 is 11.6 Å². The summed E-state index contributed by atoms with van der Waals surface area (Å²) in [6, 6.07) is 7.03. The lowest BCUT2D eigenvalue weighted by Crippen LogP contribution is -2.28. The lowest BCUT2D eigenvalue weighted by atomic mass is 10.1. The molecule has 0 saturated heterocycles. The third-order valence-electron chi connectivity index (χ3n) is 2.46. The van der Waals surface area contributed by atoms with E-state index >= 15 is 0 Å². The molecule has 0 aromatic heterocycles. The molecule has 0 bridgehead atoms. The Kier molecular flexibility index (Phi) is 5.66. The molecular formula is C12H17ClFN. The van der Waals surface area contributed by atoms with Crippen LogP contribution < -0.4 is 5.32 Å². The van der Waals surface area contributed by atoms with Gasteiger partial charge in [0, 0.05) is 18.5 Å². The van der Waals surface area contributed by atoms with Crippen LogP contribution in [0.4, 0.5) is 4.39 Å². The van der Waals surface area contributed by atoms with Crippen LogP contribution in [-0.4, -0.2) is 11.9 Å². The number of halogens is 2. The van der Waals surface area contributed by atoms with Crippen molar-refractivity contribution in [2.45, 2.75) is 32.4 Å². The molecule has 84 valence electrons. The van der Waals surface area contributed by atoms with Crippen molar-refractivity contribution in [2.75, 3.05) is 5.88 Å². The minimum atomic E-state index is -0.188. The molecule has 1 aromatic carbocycles. The maximum absolute atomic E-state index is 12.6. The van der Waals surface area contributed by atoms with Gasteiger partial charge >= 0.3 is 0 Å². The zero-order valence-corrected chi connectivity index (χ0v) is 9.73. The number of nitrogens with one attached hydrogen (secondary N) is 1. The summed E-state index contributed by atoms with van der Waals surface area (Å²) in [5, 5.41) is 3.40. The van der Waals surface area contributed by atoms with Gasteiger partial charge in [0.1, 0.15) is 5.82 Å². The van der Waals surface area contributed by atoms with E-state index in [1.807, 2.05) is 0 Å². The molecule has 0 fully saturated rings. The number of hydrogen-bond acceptors (Lipinski definition) is 1. The van der Waals surface area contributed by atoms with Gasteiger partial charge in [-0.15, -0.1) is 11.6 Å². The van der Waals surface area contributed by atoms with Gasteiger partial charge in [0.2, 0.25) is 0 Å². The molecule has 1 atom stereocenters. The molecule has 3 heteroatoms. The van der Waals surface area contributed by atoms with Crippen molar-refractivity contribution < 1.29 is 4.39 Å². The average Bonchev–Trinajstić information content (AvgIpc) is 2.26. The van der Waals surface area contributed by atoms with Gasteiger partial charge in [-0.25, -0.2) is 4.39 Å². The molecule has 1 unspecified atom stereocenters. The second-order valence-corrected chi connectivity index (χ2v) is 3.97. The van der Waals surface area contributed by atoms with Crippen LogP contribution in [0.15, 0.2) is 24.3 Å². The normalized spacial score (nSPS) is 12.7. The molecular weight excluding hydrogens is 213 g/mol. The van der Waals surface area contributed by atoms with Crippen molar-refractivity contribution in [1.29, 1.82) is 0 Å². The van der Waals surface area contributed by atoms with E-state index in [2.05, 4.69) is 12.2 Å². The van der Waals surface area contributed by atoms with Gasteiger partial charge in [-0.1, -0.05) is 19.1 Å². The molecule has 0 spiro atoms. The summed E-state index contributed by atoms with van der Waals surface area (Å²) in [7, 11) is 0. The Balaban J connectivity index is 2.38. The van der Waals surface area contributed by atoms with Gasteiger partial charge in [-0.05, 0) is 30.5 Å². The highest BCUT2D eigenvalue weighted by atomic mass is 35.5. The predicted octanol–water partition coefficient (Wildman–Crippen LogP) is 3.32. The maximum atomic E-state index is 12.6. The highest BCUT2D eigenvalue weighted by molar-refractivity contribution is 6.17. The monoisotopic (exact) mass is 229 g/mol. The molecule has 0 aliphatic rings. The summed E-state index contributed by atoms with van der Waals surface area (Å²) in [6.07, 6.45) is 2.03. The molecule has 1 nitrogen and oxygen atoms in total. The first-order valence-electron chi connectivity index (χ1n) is 5.30. The summed E-state index contributed by atoms with van der Waals surface area (Å²) in [5.74, 6) is 0.487. The number of hydrogen-bond donors (Lipinski definition) is 1. The summed E-state index contributed by atoms with van der Waals surface area (Å²) >= 11 is 5.69. The lowest BCUT2D eigenvalue weighted by molar-refractivity contribution is 0.486. The topological polar surface area (TPSA) is 12.0 Å². The zero-order chi connectivity index (χ0) is 11.1. The summed E-state index contributed by atoms with van der Waals surface area (Å²) in [4.78, 5) is 0. The van der Waals surface area contributed by atoms with E-state index in [-0.39, 0.29) is 5.82 Å². The van der Waals surface area contributed by atoms with Crippen LogP contribution in [-0.2, 0) is 6.54 Å². The Labute approximate surface area is 95.6 Å². The smallest absolute Gasteiger partial charge is 0.123 e. The van der Waals surface area contributed by atoms with Crippen molar-refractivity contribution in [3.8, 4) is 0 Å². The Morgan fingerprint density at radius 2 is 2.00 bits per heavy atom. The van der Waals surface area contributed by atoms with Gasteiger partial charge < -0.3 is 5.32 Å². The van der Waals surface area contributed by atoms with E-state index in [9.17, 15) is 4.39 Å². The standard InChI is InChI=1S/C12H17ClFN/c1-2-12(7-8-13)15-9-10-3-5-11(14)6-4-10/h3-6,12,15H,2,7-9H2,1H3. The molecule has 1 rings (SSSR count). The second-order valence-electron chi connectivity index (χ2n) is 3.59. The molecule has 0 aliphatic carbocycles. The fourth-order valence-electron chi connectivity index (χ4n) is 1.45. The van der Waals surface area contributed by atoms with Crippen LogP contribution in [0.5, 0.6) is 0 Å². The van der Waals surface area contributed by atoms with Gasteiger partial charge in [0.05, 0.1) is 0 Å². The fourth-order valence-corrected chi connectivity index (χ4v) is 1.71. The number of benzene rings is 1. The van der Waals surface area contributed by atoms with Crippen LogP contribution in [0.2, 0.25) is 0 Å². The summed E-state index contributed by atoms with van der Waals surface area (Å²) in [6.45, 7) is 2.91. The first-order chi connectivity index (χ1) is 7.26. The van der Waals surface area contributed by atoms with E-state index in [1.165, 1.54) is 12.1 Å². The van der Waals surface area contributed by atoms with Gasteiger partial charge in [-0.3, -0.25) is 0 Å². The molecule has 0 saturated carbocycles. The molecule has 0 radical (unpaired) electrons. The highest BCUT2D eigenvalue weighted by Crippen LogP contribution is 2.05. The molecule has 0 aliphatic heterocycles. The molecule has 1 N–H and O–H groups in total. The Morgan fingerprint density at radius 1 is 1.33 bits per heavy atom. The summed E-state index contributed by atoms with van der Waals surface area (Å²) < 4.78 is 12.6. The fraction of sp³-hybridized carbons (Fsp3) is 0.500. The van der Waals surface area contributed by atoms with Crippen molar-refractivity contribution in [1.82, 2.24) is 5.32 Å². The van der Waals surface area contributed by atoms with Gasteiger partial charge in [0.25, 0.3) is 0 Å². The van der Waals surface area contributed by atoms with Crippen LogP contribution in [0, 0.1) is 5.82 Å². The quantitative estimate of drug-likeness (QED) is 0.738. The SMILES string of the molecule is CCC(CCCl)NCc1ccc(F)cc1. The third-order valence-corrected chi connectivity index (χ3v) is 2.68. The van der Waals surface area contributed by atoms with Gasteiger partial charge in [-0.2, -0.15) is 0 Å². The molecule has 15 heavy (non-hydrogen) atoms. The van der Waals surface area contributed by atoms with Crippen molar-refractivity contribution in [3.63, 3.8) is 0 Å². The van der Waals surface area contributed by atoms with Crippen LogP contribution in [0.3, 0.4) is 0 Å². The predicted molar refractivity (Wildman–Crippen MR) is 62.7 cm³/mol. The maximum Gasteiger partial charge on any atom is 0.123 e. The van der Waals surface area contributed by atoms with E-state index in [0.717, 1.165) is 24.9 Å². The minimum absolute atomic E-state index is 0.188. The molecule has 1 aromatic rings. The zero-order valence-electron chi connectivity index (χ0n) is 8.97.